The third kappa shape index (κ3) is 4.42. The predicted octanol–water partition coefficient (Wildman–Crippen LogP) is 3.01. The van der Waals surface area contributed by atoms with Crippen LogP contribution in [0.2, 0.25) is 0 Å². The molecule has 0 aliphatic heterocycles. The molecule has 0 aliphatic carbocycles. The number of rotatable bonds is 6. The largest absolute Gasteiger partial charge is 0.338 e. The number of thioether (sulfide) groups is 1. The van der Waals surface area contributed by atoms with Gasteiger partial charge in [-0.1, -0.05) is 17.3 Å². The highest BCUT2D eigenvalue weighted by Gasteiger charge is 2.15. The Bertz CT molecular complexity index is 684. The van der Waals surface area contributed by atoms with E-state index in [1.807, 2.05) is 6.92 Å². The van der Waals surface area contributed by atoms with Crippen LogP contribution < -0.4 is 5.32 Å². The van der Waals surface area contributed by atoms with Gasteiger partial charge in [0.1, 0.15) is 0 Å². The number of hydrogen-bond donors (Lipinski definition) is 1. The third-order valence-electron chi connectivity index (χ3n) is 2.91. The maximum atomic E-state index is 12.0. The number of carbonyl (C=O) groups is 2. The molecule has 0 aliphatic rings. The van der Waals surface area contributed by atoms with E-state index >= 15 is 0 Å². The summed E-state index contributed by atoms with van der Waals surface area (Å²) in [6.07, 6.45) is 0. The van der Waals surface area contributed by atoms with E-state index in [4.69, 9.17) is 4.52 Å². The van der Waals surface area contributed by atoms with Crippen molar-refractivity contribution in [1.29, 1.82) is 0 Å². The molecule has 1 aromatic heterocycles. The molecule has 1 heterocycles. The van der Waals surface area contributed by atoms with Gasteiger partial charge in [0.15, 0.2) is 11.6 Å². The van der Waals surface area contributed by atoms with E-state index in [1.165, 1.54) is 18.7 Å². The molecule has 22 heavy (non-hydrogen) atoms. The highest BCUT2D eigenvalue weighted by atomic mass is 32.2. The summed E-state index contributed by atoms with van der Waals surface area (Å²) in [6.45, 7) is 5.14. The molecule has 7 heteroatoms. The minimum atomic E-state index is -0.145. The molecule has 0 saturated carbocycles. The number of nitrogens with zero attached hydrogens (tertiary/aromatic N) is 2. The Kier molecular flexibility index (Phi) is 5.32. The molecule has 2 rings (SSSR count). The number of aromatic nitrogens is 2. The molecule has 0 spiro atoms. The van der Waals surface area contributed by atoms with Crippen molar-refractivity contribution in [2.75, 3.05) is 11.1 Å². The quantitative estimate of drug-likeness (QED) is 0.824. The van der Waals surface area contributed by atoms with Crippen molar-refractivity contribution in [2.24, 2.45) is 0 Å². The van der Waals surface area contributed by atoms with Crippen molar-refractivity contribution in [3.8, 4) is 0 Å². The Balaban J connectivity index is 1.88. The summed E-state index contributed by atoms with van der Waals surface area (Å²) in [4.78, 5) is 27.4. The van der Waals surface area contributed by atoms with Crippen LogP contribution >= 0.6 is 11.8 Å². The zero-order chi connectivity index (χ0) is 16.1. The SMILES string of the molecule is CC(=O)c1cccc(NC(=O)CS[C@H](C)c2nc(C)no2)c1. The van der Waals surface area contributed by atoms with Gasteiger partial charge in [0.25, 0.3) is 0 Å². The zero-order valence-electron chi connectivity index (χ0n) is 12.6. The van der Waals surface area contributed by atoms with E-state index in [9.17, 15) is 9.59 Å². The van der Waals surface area contributed by atoms with Crippen LogP contribution in [0.1, 0.15) is 41.2 Å². The Morgan fingerprint density at radius 2 is 2.18 bits per heavy atom. The molecular formula is C15H17N3O3S. The van der Waals surface area contributed by atoms with Gasteiger partial charge < -0.3 is 9.84 Å². The fourth-order valence-electron chi connectivity index (χ4n) is 1.76. The smallest absolute Gasteiger partial charge is 0.239 e. The first kappa shape index (κ1) is 16.2. The normalized spacial score (nSPS) is 12.0. The fourth-order valence-corrected chi connectivity index (χ4v) is 2.48. The summed E-state index contributed by atoms with van der Waals surface area (Å²) < 4.78 is 5.07. The lowest BCUT2D eigenvalue weighted by molar-refractivity contribution is -0.113. The second-order valence-electron chi connectivity index (χ2n) is 4.82. The van der Waals surface area contributed by atoms with Crippen LogP contribution in [-0.2, 0) is 4.79 Å². The summed E-state index contributed by atoms with van der Waals surface area (Å²) in [6, 6.07) is 6.87. The van der Waals surface area contributed by atoms with Crippen LogP contribution in [0.25, 0.3) is 0 Å². The molecular weight excluding hydrogens is 302 g/mol. The van der Waals surface area contributed by atoms with E-state index in [-0.39, 0.29) is 22.7 Å². The second kappa shape index (κ2) is 7.22. The Labute approximate surface area is 132 Å². The van der Waals surface area contributed by atoms with Crippen LogP contribution in [0.15, 0.2) is 28.8 Å². The van der Waals surface area contributed by atoms with E-state index in [0.29, 0.717) is 23.0 Å². The summed E-state index contributed by atoms with van der Waals surface area (Å²) >= 11 is 1.41. The zero-order valence-corrected chi connectivity index (χ0v) is 13.4. The number of hydrogen-bond acceptors (Lipinski definition) is 6. The third-order valence-corrected chi connectivity index (χ3v) is 4.04. The van der Waals surface area contributed by atoms with Crippen LogP contribution in [0.5, 0.6) is 0 Å². The van der Waals surface area contributed by atoms with E-state index in [2.05, 4.69) is 15.5 Å². The molecule has 0 bridgehead atoms. The summed E-state index contributed by atoms with van der Waals surface area (Å²) in [5.41, 5.74) is 1.18. The second-order valence-corrected chi connectivity index (χ2v) is 6.15. The van der Waals surface area contributed by atoms with Gasteiger partial charge in [0.2, 0.25) is 11.8 Å². The maximum absolute atomic E-state index is 12.0. The Hall–Kier alpha value is -2.15. The summed E-state index contributed by atoms with van der Waals surface area (Å²) in [5, 5.41) is 6.44. The lowest BCUT2D eigenvalue weighted by Crippen LogP contribution is -2.15. The van der Waals surface area contributed by atoms with Crippen molar-refractivity contribution in [2.45, 2.75) is 26.0 Å². The van der Waals surface area contributed by atoms with Crippen molar-refractivity contribution >= 4 is 29.1 Å². The average molecular weight is 319 g/mol. The van der Waals surface area contributed by atoms with Crippen molar-refractivity contribution in [3.05, 3.63) is 41.5 Å². The van der Waals surface area contributed by atoms with Gasteiger partial charge in [0.05, 0.1) is 11.0 Å². The van der Waals surface area contributed by atoms with Gasteiger partial charge >= 0.3 is 0 Å². The van der Waals surface area contributed by atoms with E-state index < -0.39 is 0 Å². The number of anilines is 1. The van der Waals surface area contributed by atoms with Crippen molar-refractivity contribution < 1.29 is 14.1 Å². The highest BCUT2D eigenvalue weighted by molar-refractivity contribution is 8.00. The molecule has 0 saturated heterocycles. The van der Waals surface area contributed by atoms with E-state index in [0.717, 1.165) is 0 Å². The van der Waals surface area contributed by atoms with Gasteiger partial charge in [-0.25, -0.2) is 0 Å². The lowest BCUT2D eigenvalue weighted by atomic mass is 10.1. The topological polar surface area (TPSA) is 85.1 Å². The minimum Gasteiger partial charge on any atom is -0.338 e. The highest BCUT2D eigenvalue weighted by Crippen LogP contribution is 2.26. The van der Waals surface area contributed by atoms with Crippen molar-refractivity contribution in [3.63, 3.8) is 0 Å². The number of aryl methyl sites for hydroxylation is 1. The Morgan fingerprint density at radius 1 is 1.41 bits per heavy atom. The molecule has 1 aromatic carbocycles. The molecule has 0 radical (unpaired) electrons. The first-order valence-electron chi connectivity index (χ1n) is 6.78. The number of carbonyl (C=O) groups excluding carboxylic acids is 2. The number of amides is 1. The molecule has 6 nitrogen and oxygen atoms in total. The molecule has 0 fully saturated rings. The Morgan fingerprint density at radius 3 is 2.82 bits per heavy atom. The van der Waals surface area contributed by atoms with Crippen molar-refractivity contribution in [1.82, 2.24) is 10.1 Å². The standard InChI is InChI=1S/C15H17N3O3S/c1-9(19)12-5-4-6-13(7-12)17-14(20)8-22-10(2)15-16-11(3)18-21-15/h4-7,10H,8H2,1-3H3,(H,17,20)/t10-/m1/s1. The van der Waals surface area contributed by atoms with Crippen LogP contribution in [0.3, 0.4) is 0 Å². The summed E-state index contributed by atoms with van der Waals surface area (Å²) in [7, 11) is 0. The first-order valence-corrected chi connectivity index (χ1v) is 7.83. The molecule has 1 atom stereocenters. The maximum Gasteiger partial charge on any atom is 0.239 e. The number of ketones is 1. The first-order chi connectivity index (χ1) is 10.5. The molecule has 0 unspecified atom stereocenters. The van der Waals surface area contributed by atoms with Crippen LogP contribution in [0.4, 0.5) is 5.69 Å². The number of benzene rings is 1. The molecule has 1 amide bonds. The molecule has 2 aromatic rings. The van der Waals surface area contributed by atoms with Crippen LogP contribution in [-0.4, -0.2) is 27.6 Å². The molecule has 1 N–H and O–H groups in total. The monoisotopic (exact) mass is 319 g/mol. The lowest BCUT2D eigenvalue weighted by Gasteiger charge is -2.08. The van der Waals surface area contributed by atoms with Gasteiger partial charge in [-0.15, -0.1) is 11.8 Å². The number of Topliss-reactive ketones (excluding diaryl/α,β-unsaturated/α-hetero) is 1. The average Bonchev–Trinajstić information content (AvgIpc) is 2.91. The predicted molar refractivity (Wildman–Crippen MR) is 85.0 cm³/mol. The van der Waals surface area contributed by atoms with Gasteiger partial charge in [-0.2, -0.15) is 4.98 Å². The molecule has 116 valence electrons. The van der Waals surface area contributed by atoms with Gasteiger partial charge in [-0.05, 0) is 32.9 Å². The van der Waals surface area contributed by atoms with Crippen LogP contribution in [0, 0.1) is 6.92 Å². The number of nitrogens with one attached hydrogen (secondary N) is 1. The summed E-state index contributed by atoms with van der Waals surface area (Å²) in [5.74, 6) is 1.16. The van der Waals surface area contributed by atoms with Gasteiger partial charge in [0, 0.05) is 11.3 Å². The van der Waals surface area contributed by atoms with E-state index in [1.54, 1.807) is 31.2 Å². The van der Waals surface area contributed by atoms with Gasteiger partial charge in [-0.3, -0.25) is 9.59 Å². The fraction of sp³-hybridized carbons (Fsp3) is 0.333. The minimum absolute atomic E-state index is 0.0362.